The van der Waals surface area contributed by atoms with E-state index in [-0.39, 0.29) is 16.3 Å². The number of amides is 1. The fourth-order valence-electron chi connectivity index (χ4n) is 0.772. The summed E-state index contributed by atoms with van der Waals surface area (Å²) in [6.07, 6.45) is 0. The SMILES string of the molecule is COC(C)(C)CNC(=O)C(Br)C(C)C. The van der Waals surface area contributed by atoms with Gasteiger partial charge in [0.25, 0.3) is 0 Å². The van der Waals surface area contributed by atoms with Gasteiger partial charge in [-0.2, -0.15) is 0 Å². The predicted octanol–water partition coefficient (Wildman–Crippen LogP) is 1.95. The Morgan fingerprint density at radius 3 is 2.36 bits per heavy atom. The van der Waals surface area contributed by atoms with Crippen LogP contribution in [0.15, 0.2) is 0 Å². The largest absolute Gasteiger partial charge is 0.377 e. The van der Waals surface area contributed by atoms with Crippen LogP contribution in [0.2, 0.25) is 0 Å². The number of carbonyl (C=O) groups excluding carboxylic acids is 1. The van der Waals surface area contributed by atoms with Crippen molar-refractivity contribution in [2.45, 2.75) is 38.1 Å². The molecule has 1 atom stereocenters. The van der Waals surface area contributed by atoms with E-state index >= 15 is 0 Å². The molecule has 0 fully saturated rings. The molecule has 0 aromatic heterocycles. The van der Waals surface area contributed by atoms with Crippen LogP contribution in [0.3, 0.4) is 0 Å². The van der Waals surface area contributed by atoms with Gasteiger partial charge in [-0.25, -0.2) is 0 Å². The van der Waals surface area contributed by atoms with Crippen LogP contribution >= 0.6 is 15.9 Å². The fraction of sp³-hybridized carbons (Fsp3) is 0.900. The molecule has 0 radical (unpaired) electrons. The van der Waals surface area contributed by atoms with Crippen molar-refractivity contribution in [3.05, 3.63) is 0 Å². The third-order valence-corrected chi connectivity index (χ3v) is 3.55. The first kappa shape index (κ1) is 13.9. The number of carbonyl (C=O) groups is 1. The lowest BCUT2D eigenvalue weighted by Gasteiger charge is -2.24. The van der Waals surface area contributed by atoms with E-state index in [0.717, 1.165) is 0 Å². The molecule has 0 aromatic carbocycles. The highest BCUT2D eigenvalue weighted by Gasteiger charge is 2.22. The summed E-state index contributed by atoms with van der Waals surface area (Å²) in [6, 6.07) is 0. The lowest BCUT2D eigenvalue weighted by Crippen LogP contribution is -2.43. The van der Waals surface area contributed by atoms with Crippen LogP contribution in [0.25, 0.3) is 0 Å². The second-order valence-electron chi connectivity index (χ2n) is 4.33. The van der Waals surface area contributed by atoms with Gasteiger partial charge < -0.3 is 10.1 Å². The highest BCUT2D eigenvalue weighted by atomic mass is 79.9. The molecular weight excluding hydrogens is 246 g/mol. The Morgan fingerprint density at radius 1 is 1.50 bits per heavy atom. The summed E-state index contributed by atoms with van der Waals surface area (Å²) < 4.78 is 5.20. The van der Waals surface area contributed by atoms with Gasteiger partial charge in [0.2, 0.25) is 5.91 Å². The van der Waals surface area contributed by atoms with E-state index in [2.05, 4.69) is 21.2 Å². The highest BCUT2D eigenvalue weighted by Crippen LogP contribution is 2.12. The van der Waals surface area contributed by atoms with Crippen molar-refractivity contribution in [2.24, 2.45) is 5.92 Å². The first-order chi connectivity index (χ1) is 6.30. The maximum atomic E-state index is 11.5. The molecule has 0 rings (SSSR count). The molecule has 0 aliphatic heterocycles. The van der Waals surface area contributed by atoms with E-state index < -0.39 is 0 Å². The smallest absolute Gasteiger partial charge is 0.234 e. The molecule has 14 heavy (non-hydrogen) atoms. The van der Waals surface area contributed by atoms with Crippen molar-refractivity contribution in [2.75, 3.05) is 13.7 Å². The Morgan fingerprint density at radius 2 is 2.00 bits per heavy atom. The Kier molecular flexibility index (Phi) is 5.67. The molecule has 1 N–H and O–H groups in total. The molecule has 0 saturated carbocycles. The molecule has 84 valence electrons. The lowest BCUT2D eigenvalue weighted by molar-refractivity contribution is -0.122. The highest BCUT2D eigenvalue weighted by molar-refractivity contribution is 9.10. The number of nitrogens with one attached hydrogen (secondary N) is 1. The van der Waals surface area contributed by atoms with Gasteiger partial charge in [-0.1, -0.05) is 29.8 Å². The summed E-state index contributed by atoms with van der Waals surface area (Å²) in [5.74, 6) is 0.311. The summed E-state index contributed by atoms with van der Waals surface area (Å²) in [4.78, 5) is 11.4. The number of alkyl halides is 1. The Labute approximate surface area is 94.7 Å². The summed E-state index contributed by atoms with van der Waals surface area (Å²) in [5, 5.41) is 2.84. The summed E-state index contributed by atoms with van der Waals surface area (Å²) in [7, 11) is 1.64. The monoisotopic (exact) mass is 265 g/mol. The van der Waals surface area contributed by atoms with E-state index in [1.165, 1.54) is 0 Å². The van der Waals surface area contributed by atoms with Crippen LogP contribution in [0.1, 0.15) is 27.7 Å². The van der Waals surface area contributed by atoms with E-state index in [1.54, 1.807) is 7.11 Å². The molecule has 0 aliphatic carbocycles. The minimum atomic E-state index is -0.306. The van der Waals surface area contributed by atoms with Gasteiger partial charge in [0.1, 0.15) is 0 Å². The second-order valence-corrected chi connectivity index (χ2v) is 5.31. The van der Waals surface area contributed by atoms with Crippen LogP contribution in [-0.4, -0.2) is 30.0 Å². The number of methoxy groups -OCH3 is 1. The molecule has 0 aliphatic rings. The average molecular weight is 266 g/mol. The van der Waals surface area contributed by atoms with E-state index in [1.807, 2.05) is 27.7 Å². The van der Waals surface area contributed by atoms with E-state index in [0.29, 0.717) is 12.5 Å². The normalized spacial score (nSPS) is 14.2. The maximum Gasteiger partial charge on any atom is 0.234 e. The van der Waals surface area contributed by atoms with Gasteiger partial charge in [-0.05, 0) is 19.8 Å². The third-order valence-electron chi connectivity index (χ3n) is 2.08. The van der Waals surface area contributed by atoms with Crippen LogP contribution in [0.5, 0.6) is 0 Å². The van der Waals surface area contributed by atoms with Crippen LogP contribution in [-0.2, 0) is 9.53 Å². The number of ether oxygens (including phenoxy) is 1. The Bertz CT molecular complexity index is 193. The van der Waals surface area contributed by atoms with Crippen LogP contribution < -0.4 is 5.32 Å². The van der Waals surface area contributed by atoms with Crippen molar-refractivity contribution < 1.29 is 9.53 Å². The van der Waals surface area contributed by atoms with Gasteiger partial charge in [-0.3, -0.25) is 4.79 Å². The van der Waals surface area contributed by atoms with Gasteiger partial charge in [-0.15, -0.1) is 0 Å². The average Bonchev–Trinajstić information content (AvgIpc) is 2.13. The van der Waals surface area contributed by atoms with Gasteiger partial charge in [0.15, 0.2) is 0 Å². The van der Waals surface area contributed by atoms with Crippen molar-refractivity contribution >= 4 is 21.8 Å². The zero-order chi connectivity index (χ0) is 11.4. The molecule has 1 unspecified atom stereocenters. The molecule has 0 aromatic rings. The third kappa shape index (κ3) is 4.96. The Balaban J connectivity index is 3.97. The molecule has 0 spiro atoms. The Hall–Kier alpha value is -0.0900. The van der Waals surface area contributed by atoms with Crippen molar-refractivity contribution in [3.8, 4) is 0 Å². The molecular formula is C10H20BrNO2. The summed E-state index contributed by atoms with van der Waals surface area (Å²) in [5.41, 5.74) is -0.306. The number of halogens is 1. The molecule has 0 saturated heterocycles. The van der Waals surface area contributed by atoms with Crippen LogP contribution in [0, 0.1) is 5.92 Å². The minimum absolute atomic E-state index is 0.0186. The maximum absolute atomic E-state index is 11.5. The van der Waals surface area contributed by atoms with Crippen molar-refractivity contribution in [1.82, 2.24) is 5.32 Å². The molecule has 4 heteroatoms. The molecule has 3 nitrogen and oxygen atoms in total. The minimum Gasteiger partial charge on any atom is -0.377 e. The summed E-state index contributed by atoms with van der Waals surface area (Å²) >= 11 is 3.34. The number of hydrogen-bond acceptors (Lipinski definition) is 2. The first-order valence-electron chi connectivity index (χ1n) is 4.77. The molecule has 0 bridgehead atoms. The fourth-order valence-corrected chi connectivity index (χ4v) is 0.934. The topological polar surface area (TPSA) is 38.3 Å². The predicted molar refractivity (Wildman–Crippen MR) is 61.7 cm³/mol. The zero-order valence-corrected chi connectivity index (χ0v) is 11.1. The van der Waals surface area contributed by atoms with Gasteiger partial charge in [0, 0.05) is 13.7 Å². The molecule has 1 amide bonds. The van der Waals surface area contributed by atoms with E-state index in [4.69, 9.17) is 4.74 Å². The number of rotatable bonds is 5. The van der Waals surface area contributed by atoms with Crippen molar-refractivity contribution in [3.63, 3.8) is 0 Å². The van der Waals surface area contributed by atoms with Crippen LogP contribution in [0.4, 0.5) is 0 Å². The second kappa shape index (κ2) is 5.71. The lowest BCUT2D eigenvalue weighted by atomic mass is 10.1. The summed E-state index contributed by atoms with van der Waals surface area (Å²) in [6.45, 7) is 8.40. The number of hydrogen-bond donors (Lipinski definition) is 1. The van der Waals surface area contributed by atoms with Crippen molar-refractivity contribution in [1.29, 1.82) is 0 Å². The standard InChI is InChI=1S/C10H20BrNO2/c1-7(2)8(11)9(13)12-6-10(3,4)14-5/h7-8H,6H2,1-5H3,(H,12,13). The first-order valence-corrected chi connectivity index (χ1v) is 5.68. The zero-order valence-electron chi connectivity index (χ0n) is 9.56. The quantitative estimate of drug-likeness (QED) is 0.772. The van der Waals surface area contributed by atoms with Gasteiger partial charge >= 0.3 is 0 Å². The molecule has 0 heterocycles. The van der Waals surface area contributed by atoms with E-state index in [9.17, 15) is 4.79 Å². The van der Waals surface area contributed by atoms with Gasteiger partial charge in [0.05, 0.1) is 10.4 Å².